The van der Waals surface area contributed by atoms with Gasteiger partial charge in [0, 0.05) is 16.9 Å². The van der Waals surface area contributed by atoms with Gasteiger partial charge in [-0.2, -0.15) is 0 Å². The molecule has 19 heavy (non-hydrogen) atoms. The molecule has 0 saturated heterocycles. The van der Waals surface area contributed by atoms with E-state index < -0.39 is 0 Å². The molecule has 0 atom stereocenters. The molecular formula is C15H14N2OS. The van der Waals surface area contributed by atoms with Crippen LogP contribution in [0.1, 0.15) is 5.82 Å². The van der Waals surface area contributed by atoms with Crippen molar-refractivity contribution in [3.05, 3.63) is 54.4 Å². The van der Waals surface area contributed by atoms with E-state index in [-0.39, 0.29) is 0 Å². The van der Waals surface area contributed by atoms with Crippen molar-refractivity contribution < 1.29 is 4.74 Å². The molecule has 4 heteroatoms. The average molecular weight is 270 g/mol. The van der Waals surface area contributed by atoms with Gasteiger partial charge in [-0.05, 0) is 30.3 Å². The number of nitrogens with one attached hydrogen (secondary N) is 1. The SMILES string of the molecule is COCc1nc2ccc(Sc3ccccc3)cc2[nH]1. The highest BCUT2D eigenvalue weighted by Crippen LogP contribution is 2.29. The second-order valence-electron chi connectivity index (χ2n) is 4.21. The standard InChI is InChI=1S/C15H14N2OS/c1-18-10-15-16-13-8-7-12(9-14(13)17-15)19-11-5-3-2-4-6-11/h2-9H,10H2,1H3,(H,16,17). The van der Waals surface area contributed by atoms with Crippen molar-refractivity contribution in [3.63, 3.8) is 0 Å². The quantitative estimate of drug-likeness (QED) is 0.782. The van der Waals surface area contributed by atoms with Gasteiger partial charge in [0.15, 0.2) is 0 Å². The Kier molecular flexibility index (Phi) is 3.53. The van der Waals surface area contributed by atoms with Gasteiger partial charge in [0.2, 0.25) is 0 Å². The Morgan fingerprint density at radius 1 is 1.11 bits per heavy atom. The number of rotatable bonds is 4. The molecule has 3 rings (SSSR count). The molecule has 0 aliphatic rings. The van der Waals surface area contributed by atoms with Crippen LogP contribution in [0.5, 0.6) is 0 Å². The van der Waals surface area contributed by atoms with Crippen LogP contribution in [0, 0.1) is 0 Å². The Morgan fingerprint density at radius 2 is 1.95 bits per heavy atom. The van der Waals surface area contributed by atoms with E-state index in [1.807, 2.05) is 24.3 Å². The molecule has 2 aromatic carbocycles. The summed E-state index contributed by atoms with van der Waals surface area (Å²) in [5.74, 6) is 0.861. The zero-order valence-electron chi connectivity index (χ0n) is 10.6. The molecule has 0 amide bonds. The van der Waals surface area contributed by atoms with Crippen LogP contribution in [-0.4, -0.2) is 17.1 Å². The number of imidazole rings is 1. The number of aromatic nitrogens is 2. The lowest BCUT2D eigenvalue weighted by molar-refractivity contribution is 0.179. The van der Waals surface area contributed by atoms with E-state index in [0.717, 1.165) is 16.9 Å². The summed E-state index contributed by atoms with van der Waals surface area (Å²) < 4.78 is 5.08. The number of aromatic amines is 1. The summed E-state index contributed by atoms with van der Waals surface area (Å²) in [4.78, 5) is 10.2. The maximum absolute atomic E-state index is 5.08. The highest BCUT2D eigenvalue weighted by Gasteiger charge is 2.04. The van der Waals surface area contributed by atoms with Gasteiger partial charge >= 0.3 is 0 Å². The summed E-state index contributed by atoms with van der Waals surface area (Å²) in [5, 5.41) is 0. The number of nitrogens with zero attached hydrogens (tertiary/aromatic N) is 1. The molecule has 3 nitrogen and oxygen atoms in total. The Morgan fingerprint density at radius 3 is 2.74 bits per heavy atom. The van der Waals surface area contributed by atoms with Crippen LogP contribution in [0.25, 0.3) is 11.0 Å². The topological polar surface area (TPSA) is 37.9 Å². The Bertz CT molecular complexity index is 679. The maximum atomic E-state index is 5.08. The van der Waals surface area contributed by atoms with Crippen LogP contribution in [0.15, 0.2) is 58.3 Å². The molecule has 0 unspecified atom stereocenters. The fraction of sp³-hybridized carbons (Fsp3) is 0.133. The predicted molar refractivity (Wildman–Crippen MR) is 77.4 cm³/mol. The monoisotopic (exact) mass is 270 g/mol. The molecule has 0 aliphatic heterocycles. The minimum absolute atomic E-state index is 0.510. The second-order valence-corrected chi connectivity index (χ2v) is 5.36. The van der Waals surface area contributed by atoms with Crippen molar-refractivity contribution in [2.45, 2.75) is 16.4 Å². The fourth-order valence-electron chi connectivity index (χ4n) is 1.93. The molecule has 0 bridgehead atoms. The lowest BCUT2D eigenvalue weighted by Gasteiger charge is -2.00. The third-order valence-corrected chi connectivity index (χ3v) is 3.76. The van der Waals surface area contributed by atoms with Crippen molar-refractivity contribution in [2.24, 2.45) is 0 Å². The van der Waals surface area contributed by atoms with Crippen molar-refractivity contribution >= 4 is 22.8 Å². The number of methoxy groups -OCH3 is 1. The Labute approximate surface area is 116 Å². The predicted octanol–water partition coefficient (Wildman–Crippen LogP) is 3.86. The summed E-state index contributed by atoms with van der Waals surface area (Å²) in [6.45, 7) is 0.510. The van der Waals surface area contributed by atoms with Gasteiger partial charge in [0.05, 0.1) is 11.0 Å². The van der Waals surface area contributed by atoms with Crippen molar-refractivity contribution in [1.82, 2.24) is 9.97 Å². The van der Waals surface area contributed by atoms with E-state index in [0.29, 0.717) is 6.61 Å². The molecule has 0 radical (unpaired) electrons. The molecule has 1 heterocycles. The van der Waals surface area contributed by atoms with E-state index in [9.17, 15) is 0 Å². The molecule has 0 saturated carbocycles. The molecule has 0 fully saturated rings. The second kappa shape index (κ2) is 5.47. The van der Waals surface area contributed by atoms with Crippen LogP contribution in [0.4, 0.5) is 0 Å². The van der Waals surface area contributed by atoms with Crippen molar-refractivity contribution in [3.8, 4) is 0 Å². The molecule has 0 aliphatic carbocycles. The average Bonchev–Trinajstić information content (AvgIpc) is 2.82. The van der Waals surface area contributed by atoms with E-state index in [4.69, 9.17) is 4.74 Å². The number of hydrogen-bond acceptors (Lipinski definition) is 3. The van der Waals surface area contributed by atoms with Crippen LogP contribution in [0.3, 0.4) is 0 Å². The van der Waals surface area contributed by atoms with E-state index in [1.165, 1.54) is 9.79 Å². The Hall–Kier alpha value is -1.78. The Balaban J connectivity index is 1.88. The summed E-state index contributed by atoms with van der Waals surface area (Å²) in [6.07, 6.45) is 0. The number of benzene rings is 2. The molecular weight excluding hydrogens is 256 g/mol. The minimum atomic E-state index is 0.510. The highest BCUT2D eigenvalue weighted by atomic mass is 32.2. The van der Waals surface area contributed by atoms with Gasteiger partial charge in [-0.15, -0.1) is 0 Å². The summed E-state index contributed by atoms with van der Waals surface area (Å²) in [6, 6.07) is 16.6. The van der Waals surface area contributed by atoms with Crippen LogP contribution in [-0.2, 0) is 11.3 Å². The first kappa shape index (κ1) is 12.3. The third kappa shape index (κ3) is 2.80. The van der Waals surface area contributed by atoms with Gasteiger partial charge in [-0.1, -0.05) is 30.0 Å². The molecule has 3 aromatic rings. The van der Waals surface area contributed by atoms with Crippen LogP contribution >= 0.6 is 11.8 Å². The molecule has 96 valence electrons. The first-order valence-corrected chi connectivity index (χ1v) is 6.87. The zero-order valence-corrected chi connectivity index (χ0v) is 11.4. The lowest BCUT2D eigenvalue weighted by atomic mass is 10.3. The van der Waals surface area contributed by atoms with E-state index in [1.54, 1.807) is 18.9 Å². The number of hydrogen-bond donors (Lipinski definition) is 1. The molecule has 1 aromatic heterocycles. The van der Waals surface area contributed by atoms with Gasteiger partial charge in [-0.3, -0.25) is 0 Å². The largest absolute Gasteiger partial charge is 0.377 e. The zero-order chi connectivity index (χ0) is 13.1. The summed E-state index contributed by atoms with van der Waals surface area (Å²) in [5.41, 5.74) is 2.03. The number of ether oxygens (including phenoxy) is 1. The van der Waals surface area contributed by atoms with E-state index >= 15 is 0 Å². The summed E-state index contributed by atoms with van der Waals surface area (Å²) in [7, 11) is 1.67. The van der Waals surface area contributed by atoms with Gasteiger partial charge in [0.25, 0.3) is 0 Å². The highest BCUT2D eigenvalue weighted by molar-refractivity contribution is 7.99. The lowest BCUT2D eigenvalue weighted by Crippen LogP contribution is -1.88. The smallest absolute Gasteiger partial charge is 0.133 e. The first-order valence-electron chi connectivity index (χ1n) is 6.05. The van der Waals surface area contributed by atoms with Gasteiger partial charge < -0.3 is 9.72 Å². The maximum Gasteiger partial charge on any atom is 0.133 e. The summed E-state index contributed by atoms with van der Waals surface area (Å²) >= 11 is 1.75. The van der Waals surface area contributed by atoms with Crippen molar-refractivity contribution in [1.29, 1.82) is 0 Å². The normalized spacial score (nSPS) is 11.0. The van der Waals surface area contributed by atoms with Crippen LogP contribution in [0.2, 0.25) is 0 Å². The van der Waals surface area contributed by atoms with E-state index in [2.05, 4.69) is 34.2 Å². The number of H-pyrrole nitrogens is 1. The third-order valence-electron chi connectivity index (χ3n) is 2.76. The van der Waals surface area contributed by atoms with Crippen molar-refractivity contribution in [2.75, 3.05) is 7.11 Å². The van der Waals surface area contributed by atoms with Gasteiger partial charge in [0.1, 0.15) is 12.4 Å². The molecule has 1 N–H and O–H groups in total. The van der Waals surface area contributed by atoms with Gasteiger partial charge in [-0.25, -0.2) is 4.98 Å². The molecule has 0 spiro atoms. The number of fused-ring (bicyclic) bond motifs is 1. The van der Waals surface area contributed by atoms with Crippen LogP contribution < -0.4 is 0 Å². The first-order chi connectivity index (χ1) is 9.35. The minimum Gasteiger partial charge on any atom is -0.377 e. The fourth-order valence-corrected chi connectivity index (χ4v) is 2.81.